The van der Waals surface area contributed by atoms with Crippen molar-refractivity contribution in [3.05, 3.63) is 0 Å². The first-order valence-corrected chi connectivity index (χ1v) is 2.21. The van der Waals surface area contributed by atoms with Crippen molar-refractivity contribution in [1.82, 2.24) is 0 Å². The van der Waals surface area contributed by atoms with Gasteiger partial charge in [0.25, 0.3) is 0 Å². The molecule has 0 aliphatic rings. The molecule has 26 valence electrons. The third kappa shape index (κ3) is 12.3. The second-order valence-electron chi connectivity index (χ2n) is 0.260. The van der Waals surface area contributed by atoms with Crippen LogP contribution in [-0.4, -0.2) is 3.71 Å². The van der Waals surface area contributed by atoms with Crippen molar-refractivity contribution >= 4 is 31.9 Å². The predicted octanol–water partition coefficient (Wildman–Crippen LogP) is 2.12. The fourth-order valence-electron chi connectivity index (χ4n) is 0. The van der Waals surface area contributed by atoms with Gasteiger partial charge in [0.1, 0.15) is 0 Å². The van der Waals surface area contributed by atoms with E-state index in [0.29, 0.717) is 0 Å². The molecule has 0 amide bonds. The number of hydrogen-bond acceptors (Lipinski definition) is 0. The maximum Gasteiger partial charge on any atom is 0.0669 e. The Balaban J connectivity index is 4.02. The molecule has 0 aromatic rings. The van der Waals surface area contributed by atoms with Crippen molar-refractivity contribution in [2.75, 3.05) is 0 Å². The van der Waals surface area contributed by atoms with Gasteiger partial charge in [-0.25, -0.2) is 0 Å². The molecule has 0 N–H and O–H groups in total. The topological polar surface area (TPSA) is 0 Å². The number of hydrogen-bond donors (Lipinski definition) is 0. The molecule has 0 radical (unpaired) electrons. The average molecular weight is 192 g/mol. The highest BCUT2D eigenvalue weighted by Gasteiger charge is 1.74. The van der Waals surface area contributed by atoms with Crippen LogP contribution in [0.2, 0.25) is 0 Å². The van der Waals surface area contributed by atoms with E-state index in [9.17, 15) is 0 Å². The van der Waals surface area contributed by atoms with E-state index in [1.807, 2.05) is 0 Å². The average Bonchev–Trinajstić information content (AvgIpc) is 1.25. The van der Waals surface area contributed by atoms with Crippen molar-refractivity contribution in [3.8, 4) is 0 Å². The Morgan fingerprint density at radius 3 is 2.50 bits per heavy atom. The molecule has 0 aromatic carbocycles. The van der Waals surface area contributed by atoms with Crippen molar-refractivity contribution in [1.29, 1.82) is 0 Å². The molecule has 0 fully saturated rings. The standard InChI is InChI=1S/C2H4Br2/c1-2(3)4/h2H,1H3/i1D3,2D. The molecule has 0 saturated carbocycles. The summed E-state index contributed by atoms with van der Waals surface area (Å²) < 4.78 is 25.1. The fraction of sp³-hybridized carbons (Fsp3) is 1.00. The van der Waals surface area contributed by atoms with Crippen LogP contribution >= 0.6 is 31.9 Å². The van der Waals surface area contributed by atoms with Crippen LogP contribution in [0.5, 0.6) is 0 Å². The molecule has 0 nitrogen and oxygen atoms in total. The lowest BCUT2D eigenvalue weighted by Crippen LogP contribution is -1.60. The number of rotatable bonds is 0. The van der Waals surface area contributed by atoms with Crippen LogP contribution < -0.4 is 0 Å². The first-order chi connectivity index (χ1) is 3.25. The fourth-order valence-corrected chi connectivity index (χ4v) is 0. The molecule has 0 spiro atoms. The highest BCUT2D eigenvalue weighted by molar-refractivity contribution is 9.24. The molecule has 0 aliphatic heterocycles. The zero-order valence-corrected chi connectivity index (χ0v) is 4.93. The lowest BCUT2D eigenvalue weighted by Gasteiger charge is -1.73. The summed E-state index contributed by atoms with van der Waals surface area (Å²) in [5.41, 5.74) is 0. The van der Waals surface area contributed by atoms with E-state index in [-0.39, 0.29) is 0 Å². The van der Waals surface area contributed by atoms with Gasteiger partial charge in [0.05, 0.1) is 5.08 Å². The maximum atomic E-state index is 6.85. The number of alkyl halides is 2. The van der Waals surface area contributed by atoms with Crippen molar-refractivity contribution in [3.63, 3.8) is 0 Å². The van der Waals surface area contributed by atoms with Crippen LogP contribution in [0.25, 0.3) is 0 Å². The van der Waals surface area contributed by atoms with Gasteiger partial charge < -0.3 is 0 Å². The Labute approximate surface area is 48.5 Å². The van der Waals surface area contributed by atoms with Gasteiger partial charge >= 0.3 is 0 Å². The second kappa shape index (κ2) is 2.21. The molecule has 0 rings (SSSR count). The molecular formula is C2H4Br2. The van der Waals surface area contributed by atoms with Gasteiger partial charge in [0.2, 0.25) is 0 Å². The summed E-state index contributed by atoms with van der Waals surface area (Å²) in [5, 5.41) is 0. The van der Waals surface area contributed by atoms with Gasteiger partial charge in [-0.3, -0.25) is 0 Å². The minimum Gasteiger partial charge on any atom is -0.0768 e. The maximum absolute atomic E-state index is 6.85. The smallest absolute Gasteiger partial charge is 0.0669 e. The van der Waals surface area contributed by atoms with Gasteiger partial charge in [-0.15, -0.1) is 0 Å². The highest BCUT2D eigenvalue weighted by atomic mass is 79.9. The van der Waals surface area contributed by atoms with Crippen LogP contribution in [0.1, 0.15) is 12.3 Å². The van der Waals surface area contributed by atoms with Gasteiger partial charge in [0, 0.05) is 4.11 Å². The van der Waals surface area contributed by atoms with Crippen LogP contribution in [0, 0.1) is 0 Å². The van der Waals surface area contributed by atoms with Crippen LogP contribution in [0.3, 0.4) is 0 Å². The molecular weight excluding hydrogens is 184 g/mol. The lowest BCUT2D eigenvalue weighted by molar-refractivity contribution is 1.48. The molecule has 0 saturated heterocycles. The summed E-state index contributed by atoms with van der Waals surface area (Å²) in [5.74, 6) is 0. The van der Waals surface area contributed by atoms with E-state index >= 15 is 0 Å². The molecule has 0 aromatic heterocycles. The third-order valence-corrected chi connectivity index (χ3v) is 0. The van der Waals surface area contributed by atoms with Gasteiger partial charge in [0.15, 0.2) is 0 Å². The minimum atomic E-state index is -2.31. The van der Waals surface area contributed by atoms with Crippen molar-refractivity contribution in [2.24, 2.45) is 0 Å². The first kappa shape index (κ1) is 1.23. The molecule has 4 heavy (non-hydrogen) atoms. The van der Waals surface area contributed by atoms with Crippen molar-refractivity contribution in [2.45, 2.75) is 10.6 Å². The molecule has 0 heterocycles. The van der Waals surface area contributed by atoms with Gasteiger partial charge in [-0.05, 0) is 6.85 Å². The monoisotopic (exact) mass is 190 g/mol. The quantitative estimate of drug-likeness (QED) is 0.515. The van der Waals surface area contributed by atoms with Crippen LogP contribution in [-0.2, 0) is 0 Å². The molecule has 0 atom stereocenters. The van der Waals surface area contributed by atoms with Crippen LogP contribution in [0.15, 0.2) is 0 Å². The summed E-state index contributed by atoms with van der Waals surface area (Å²) >= 11 is 5.24. The SMILES string of the molecule is [2H]C([2H])([2H])C([2H])(Br)Br. The Kier molecular flexibility index (Phi) is 0.679. The molecule has 0 aliphatic carbocycles. The van der Waals surface area contributed by atoms with E-state index in [0.717, 1.165) is 0 Å². The molecule has 2 heteroatoms. The molecule has 0 unspecified atom stereocenters. The summed E-state index contributed by atoms with van der Waals surface area (Å²) in [6, 6.07) is 0. The Morgan fingerprint density at radius 1 is 2.25 bits per heavy atom. The Hall–Kier alpha value is 0.960. The molecule has 0 bridgehead atoms. The van der Waals surface area contributed by atoms with E-state index in [4.69, 9.17) is 5.48 Å². The predicted molar refractivity (Wildman–Crippen MR) is 27.3 cm³/mol. The number of halogens is 2. The first-order valence-electron chi connectivity index (χ1n) is 2.63. The van der Waals surface area contributed by atoms with E-state index < -0.39 is 10.6 Å². The van der Waals surface area contributed by atoms with Crippen molar-refractivity contribution < 1.29 is 5.48 Å². The van der Waals surface area contributed by atoms with E-state index in [1.165, 1.54) is 0 Å². The van der Waals surface area contributed by atoms with E-state index in [2.05, 4.69) is 31.9 Å². The normalized spacial score (nSPS) is 29.5. The third-order valence-electron chi connectivity index (χ3n) is 0. The zero-order valence-electron chi connectivity index (χ0n) is 5.76. The second-order valence-corrected chi connectivity index (χ2v) is 2.91. The van der Waals surface area contributed by atoms with Gasteiger partial charge in [-0.2, -0.15) is 0 Å². The van der Waals surface area contributed by atoms with E-state index in [1.54, 1.807) is 0 Å². The highest BCUT2D eigenvalue weighted by Crippen LogP contribution is 2.03. The summed E-state index contributed by atoms with van der Waals surface area (Å²) in [4.78, 5) is 0. The summed E-state index contributed by atoms with van der Waals surface area (Å²) in [7, 11) is 0. The Bertz CT molecular complexity index is 67.0. The van der Waals surface area contributed by atoms with Gasteiger partial charge in [-0.1, -0.05) is 31.9 Å². The Morgan fingerprint density at radius 2 is 2.50 bits per heavy atom. The minimum absolute atomic E-state index is 1.69. The summed E-state index contributed by atoms with van der Waals surface area (Å²) in [6.07, 6.45) is 0. The summed E-state index contributed by atoms with van der Waals surface area (Å²) in [6.45, 7) is -2.31. The van der Waals surface area contributed by atoms with Crippen LogP contribution in [0.4, 0.5) is 0 Å². The lowest BCUT2D eigenvalue weighted by atomic mass is 11.0. The zero-order chi connectivity index (χ0) is 7.00. The largest absolute Gasteiger partial charge is 0.0768 e.